The molecular formula is C18H22N2O3S. The fraction of sp³-hybridized carbons (Fsp3) is 0.444. The maximum absolute atomic E-state index is 12.8. The maximum Gasteiger partial charge on any atom is 0.317 e. The van der Waals surface area contributed by atoms with E-state index in [1.807, 2.05) is 46.4 Å². The number of fused-ring (bicyclic) bond motifs is 1. The average Bonchev–Trinajstić information content (AvgIpc) is 3.03. The van der Waals surface area contributed by atoms with Crippen LogP contribution in [0.2, 0.25) is 0 Å². The monoisotopic (exact) mass is 346 g/mol. The second kappa shape index (κ2) is 7.32. The van der Waals surface area contributed by atoms with Crippen molar-refractivity contribution < 1.29 is 14.7 Å². The molecule has 128 valence electrons. The standard InChI is InChI=1S/C18H22N2O3S/c1-2-19(11-17(21)22)13-7-9-20(10-8-13)18(23)15-12-24-16-6-4-3-5-14(15)16/h3-6,12-13H,2,7-11H2,1H3,(H,21,22). The van der Waals surface area contributed by atoms with E-state index in [9.17, 15) is 9.59 Å². The molecule has 0 aliphatic carbocycles. The molecular weight excluding hydrogens is 324 g/mol. The molecule has 6 heteroatoms. The molecule has 0 spiro atoms. The van der Waals surface area contributed by atoms with E-state index < -0.39 is 5.97 Å². The van der Waals surface area contributed by atoms with Gasteiger partial charge in [0, 0.05) is 34.6 Å². The van der Waals surface area contributed by atoms with Gasteiger partial charge in [0.05, 0.1) is 12.1 Å². The lowest BCUT2D eigenvalue weighted by Gasteiger charge is -2.37. The Morgan fingerprint density at radius 2 is 2.00 bits per heavy atom. The quantitative estimate of drug-likeness (QED) is 0.904. The van der Waals surface area contributed by atoms with E-state index in [-0.39, 0.29) is 18.5 Å². The van der Waals surface area contributed by atoms with Gasteiger partial charge in [-0.05, 0) is 25.5 Å². The zero-order chi connectivity index (χ0) is 17.1. The number of thiophene rings is 1. The highest BCUT2D eigenvalue weighted by Gasteiger charge is 2.28. The number of amides is 1. The van der Waals surface area contributed by atoms with E-state index in [0.29, 0.717) is 13.1 Å². The fourth-order valence-electron chi connectivity index (χ4n) is 3.42. The van der Waals surface area contributed by atoms with Crippen molar-refractivity contribution in [1.82, 2.24) is 9.80 Å². The summed E-state index contributed by atoms with van der Waals surface area (Å²) < 4.78 is 1.13. The Morgan fingerprint density at radius 1 is 1.29 bits per heavy atom. The SMILES string of the molecule is CCN(CC(=O)O)C1CCN(C(=O)c2csc3ccccc23)CC1. The smallest absolute Gasteiger partial charge is 0.317 e. The van der Waals surface area contributed by atoms with Crippen LogP contribution in [-0.4, -0.2) is 59.0 Å². The molecule has 1 aliphatic rings. The first-order valence-corrected chi connectivity index (χ1v) is 9.19. The average molecular weight is 346 g/mol. The van der Waals surface area contributed by atoms with Crippen molar-refractivity contribution in [3.63, 3.8) is 0 Å². The predicted octanol–water partition coefficient (Wildman–Crippen LogP) is 2.91. The second-order valence-corrected chi connectivity index (χ2v) is 7.04. The molecule has 1 amide bonds. The first-order chi connectivity index (χ1) is 11.6. The summed E-state index contributed by atoms with van der Waals surface area (Å²) >= 11 is 1.60. The molecule has 1 aromatic carbocycles. The zero-order valence-electron chi connectivity index (χ0n) is 13.8. The van der Waals surface area contributed by atoms with Crippen LogP contribution in [0.1, 0.15) is 30.1 Å². The Kier molecular flexibility index (Phi) is 5.16. The molecule has 2 aromatic rings. The van der Waals surface area contributed by atoms with Gasteiger partial charge in [-0.2, -0.15) is 0 Å². The number of hydrogen-bond acceptors (Lipinski definition) is 4. The van der Waals surface area contributed by atoms with Gasteiger partial charge >= 0.3 is 5.97 Å². The van der Waals surface area contributed by atoms with Crippen LogP contribution in [0.5, 0.6) is 0 Å². The van der Waals surface area contributed by atoms with Crippen LogP contribution in [0.15, 0.2) is 29.6 Å². The van der Waals surface area contributed by atoms with Gasteiger partial charge in [0.2, 0.25) is 0 Å². The van der Waals surface area contributed by atoms with Gasteiger partial charge in [0.25, 0.3) is 5.91 Å². The number of hydrogen-bond donors (Lipinski definition) is 1. The number of likely N-dealkylation sites (N-methyl/N-ethyl adjacent to an activating group) is 1. The van der Waals surface area contributed by atoms with Crippen molar-refractivity contribution in [2.75, 3.05) is 26.2 Å². The molecule has 1 saturated heterocycles. The highest BCUT2D eigenvalue weighted by molar-refractivity contribution is 7.17. The number of carboxylic acid groups (broad SMARTS) is 1. The highest BCUT2D eigenvalue weighted by Crippen LogP contribution is 2.28. The van der Waals surface area contributed by atoms with E-state index in [1.54, 1.807) is 11.3 Å². The lowest BCUT2D eigenvalue weighted by molar-refractivity contribution is -0.139. The summed E-state index contributed by atoms with van der Waals surface area (Å²) in [5, 5.41) is 12.0. The van der Waals surface area contributed by atoms with Gasteiger partial charge in [0.1, 0.15) is 0 Å². The number of benzene rings is 1. The minimum absolute atomic E-state index is 0.0737. The summed E-state index contributed by atoms with van der Waals surface area (Å²) in [6, 6.07) is 8.23. The Morgan fingerprint density at radius 3 is 2.67 bits per heavy atom. The molecule has 1 N–H and O–H groups in total. The Hall–Kier alpha value is -1.92. The molecule has 1 fully saturated rings. The largest absolute Gasteiger partial charge is 0.480 e. The predicted molar refractivity (Wildman–Crippen MR) is 95.6 cm³/mol. The van der Waals surface area contributed by atoms with Gasteiger partial charge in [-0.25, -0.2) is 0 Å². The fourth-order valence-corrected chi connectivity index (χ4v) is 4.36. The summed E-state index contributed by atoms with van der Waals surface area (Å²) in [6.07, 6.45) is 1.66. The Labute approximate surface area is 145 Å². The number of carbonyl (C=O) groups is 2. The summed E-state index contributed by atoms with van der Waals surface area (Å²) in [7, 11) is 0. The summed E-state index contributed by atoms with van der Waals surface area (Å²) in [5.74, 6) is -0.702. The lowest BCUT2D eigenvalue weighted by atomic mass is 10.0. The van der Waals surface area contributed by atoms with Gasteiger partial charge in [0.15, 0.2) is 0 Å². The summed E-state index contributed by atoms with van der Waals surface area (Å²) in [6.45, 7) is 4.15. The van der Waals surface area contributed by atoms with E-state index >= 15 is 0 Å². The van der Waals surface area contributed by atoms with Crippen LogP contribution < -0.4 is 0 Å². The molecule has 1 aliphatic heterocycles. The van der Waals surface area contributed by atoms with Crippen LogP contribution in [0.25, 0.3) is 10.1 Å². The number of likely N-dealkylation sites (tertiary alicyclic amines) is 1. The number of aliphatic carboxylic acids is 1. The molecule has 1 aromatic heterocycles. The second-order valence-electron chi connectivity index (χ2n) is 6.13. The number of rotatable bonds is 5. The summed E-state index contributed by atoms with van der Waals surface area (Å²) in [5.41, 5.74) is 0.784. The van der Waals surface area contributed by atoms with Crippen molar-refractivity contribution in [2.24, 2.45) is 0 Å². The molecule has 0 radical (unpaired) electrons. The van der Waals surface area contributed by atoms with Crippen molar-refractivity contribution in [2.45, 2.75) is 25.8 Å². The van der Waals surface area contributed by atoms with Crippen LogP contribution >= 0.6 is 11.3 Å². The van der Waals surface area contributed by atoms with Crippen LogP contribution in [0, 0.1) is 0 Å². The molecule has 0 atom stereocenters. The molecule has 0 bridgehead atoms. The molecule has 24 heavy (non-hydrogen) atoms. The van der Waals surface area contributed by atoms with Gasteiger partial charge in [-0.3, -0.25) is 14.5 Å². The Bertz CT molecular complexity index is 735. The third-order valence-corrected chi connectivity index (χ3v) is 5.69. The van der Waals surface area contributed by atoms with Crippen molar-refractivity contribution in [3.8, 4) is 0 Å². The highest BCUT2D eigenvalue weighted by atomic mass is 32.1. The Balaban J connectivity index is 1.66. The number of carboxylic acids is 1. The number of carbonyl (C=O) groups excluding carboxylic acids is 1. The van der Waals surface area contributed by atoms with Gasteiger partial charge < -0.3 is 10.0 Å². The minimum atomic E-state index is -0.792. The lowest BCUT2D eigenvalue weighted by Crippen LogP contribution is -2.48. The van der Waals surface area contributed by atoms with E-state index in [1.165, 1.54) is 0 Å². The first kappa shape index (κ1) is 16.9. The summed E-state index contributed by atoms with van der Waals surface area (Å²) in [4.78, 5) is 27.7. The van der Waals surface area contributed by atoms with Crippen LogP contribution in [0.3, 0.4) is 0 Å². The van der Waals surface area contributed by atoms with Crippen molar-refractivity contribution in [3.05, 3.63) is 35.2 Å². The van der Waals surface area contributed by atoms with Crippen molar-refractivity contribution >= 4 is 33.3 Å². The molecule has 5 nitrogen and oxygen atoms in total. The van der Waals surface area contributed by atoms with Gasteiger partial charge in [-0.1, -0.05) is 25.1 Å². The third-order valence-electron chi connectivity index (χ3n) is 4.72. The maximum atomic E-state index is 12.8. The molecule has 0 unspecified atom stereocenters. The van der Waals surface area contributed by atoms with Crippen LogP contribution in [0.4, 0.5) is 0 Å². The van der Waals surface area contributed by atoms with E-state index in [0.717, 1.165) is 35.0 Å². The molecule has 3 rings (SSSR count). The van der Waals surface area contributed by atoms with E-state index in [4.69, 9.17) is 5.11 Å². The molecule has 0 saturated carbocycles. The number of nitrogens with zero attached hydrogens (tertiary/aromatic N) is 2. The first-order valence-electron chi connectivity index (χ1n) is 8.31. The normalized spacial score (nSPS) is 16.0. The number of piperidine rings is 1. The van der Waals surface area contributed by atoms with Crippen molar-refractivity contribution in [1.29, 1.82) is 0 Å². The minimum Gasteiger partial charge on any atom is -0.480 e. The third kappa shape index (κ3) is 3.44. The molecule has 2 heterocycles. The van der Waals surface area contributed by atoms with E-state index in [2.05, 4.69) is 0 Å². The zero-order valence-corrected chi connectivity index (χ0v) is 14.6. The van der Waals surface area contributed by atoms with Crippen LogP contribution in [-0.2, 0) is 4.79 Å². The van der Waals surface area contributed by atoms with Gasteiger partial charge in [-0.15, -0.1) is 11.3 Å². The topological polar surface area (TPSA) is 60.9 Å².